The van der Waals surface area contributed by atoms with Crippen LogP contribution in [0.1, 0.15) is 30.5 Å². The molecule has 0 radical (unpaired) electrons. The van der Waals surface area contributed by atoms with E-state index in [2.05, 4.69) is 4.72 Å². The maximum Gasteiger partial charge on any atom is 0.261 e. The summed E-state index contributed by atoms with van der Waals surface area (Å²) >= 11 is 0. The van der Waals surface area contributed by atoms with Crippen LogP contribution in [0.5, 0.6) is 5.75 Å². The van der Waals surface area contributed by atoms with Gasteiger partial charge in [0.25, 0.3) is 10.0 Å². The predicted molar refractivity (Wildman–Crippen MR) is 104 cm³/mol. The Balaban J connectivity index is 1.91. The smallest absolute Gasteiger partial charge is 0.261 e. The van der Waals surface area contributed by atoms with Gasteiger partial charge >= 0.3 is 0 Å². The number of hydrogen-bond donors (Lipinski definition) is 1. The van der Waals surface area contributed by atoms with Gasteiger partial charge in [-0.15, -0.1) is 0 Å². The largest absolute Gasteiger partial charge is 0.487 e. The van der Waals surface area contributed by atoms with Crippen LogP contribution in [-0.2, 0) is 23.0 Å². The molecule has 1 aliphatic rings. The van der Waals surface area contributed by atoms with Crippen LogP contribution < -0.4 is 9.46 Å². The second kappa shape index (κ2) is 6.59. The lowest BCUT2D eigenvalue weighted by molar-refractivity contribution is 0.138. The topological polar surface area (TPSA) is 58.6 Å². The van der Waals surface area contributed by atoms with Crippen molar-refractivity contribution >= 4 is 15.7 Å². The molecule has 5 nitrogen and oxygen atoms in total. The van der Waals surface area contributed by atoms with Crippen LogP contribution >= 0.6 is 0 Å². The van der Waals surface area contributed by atoms with Crippen molar-refractivity contribution < 1.29 is 13.2 Å². The van der Waals surface area contributed by atoms with Crippen molar-refractivity contribution in [3.8, 4) is 5.75 Å². The minimum Gasteiger partial charge on any atom is -0.487 e. The number of nitrogens with one attached hydrogen (secondary N) is 1. The molecule has 0 spiro atoms. The molecular weight excluding hydrogens is 348 g/mol. The molecule has 1 aliphatic heterocycles. The SMILES string of the molecule is Cc1ccc(NS(=O)(=O)c2ccc3c(c2)CC(C)(C)O3)c(CN(C)C)c1. The van der Waals surface area contributed by atoms with Crippen molar-refractivity contribution in [1.29, 1.82) is 0 Å². The van der Waals surface area contributed by atoms with E-state index < -0.39 is 10.0 Å². The summed E-state index contributed by atoms with van der Waals surface area (Å²) in [5, 5.41) is 0. The molecule has 6 heteroatoms. The fraction of sp³-hybridized carbons (Fsp3) is 0.400. The first-order valence-electron chi connectivity index (χ1n) is 8.65. The summed E-state index contributed by atoms with van der Waals surface area (Å²) in [7, 11) is 0.255. The highest BCUT2D eigenvalue weighted by Crippen LogP contribution is 2.36. The molecular formula is C20H26N2O3S. The van der Waals surface area contributed by atoms with Gasteiger partial charge < -0.3 is 9.64 Å². The highest BCUT2D eigenvalue weighted by molar-refractivity contribution is 7.92. The predicted octanol–water partition coefficient (Wildman–Crippen LogP) is 3.57. The molecule has 0 aliphatic carbocycles. The van der Waals surface area contributed by atoms with Crippen molar-refractivity contribution in [2.45, 2.75) is 44.2 Å². The number of hydrogen-bond acceptors (Lipinski definition) is 4. The van der Waals surface area contributed by atoms with E-state index in [0.29, 0.717) is 18.7 Å². The Morgan fingerprint density at radius 3 is 2.58 bits per heavy atom. The Labute approximate surface area is 156 Å². The zero-order valence-corrected chi connectivity index (χ0v) is 16.8. The van der Waals surface area contributed by atoms with Crippen LogP contribution in [0, 0.1) is 6.92 Å². The van der Waals surface area contributed by atoms with Gasteiger partial charge in [-0.25, -0.2) is 8.42 Å². The van der Waals surface area contributed by atoms with E-state index in [1.165, 1.54) is 0 Å². The monoisotopic (exact) mass is 374 g/mol. The summed E-state index contributed by atoms with van der Waals surface area (Å²) in [5.74, 6) is 0.762. The fourth-order valence-electron chi connectivity index (χ4n) is 3.25. The van der Waals surface area contributed by atoms with Crippen molar-refractivity contribution in [3.63, 3.8) is 0 Å². The Morgan fingerprint density at radius 2 is 1.88 bits per heavy atom. The van der Waals surface area contributed by atoms with Gasteiger partial charge in [-0.3, -0.25) is 4.72 Å². The van der Waals surface area contributed by atoms with Crippen LogP contribution in [0.3, 0.4) is 0 Å². The van der Waals surface area contributed by atoms with E-state index in [9.17, 15) is 8.42 Å². The standard InChI is InChI=1S/C20H26N2O3S/c1-14-6-8-18(16(10-14)13-22(4)5)21-26(23,24)17-7-9-19-15(11-17)12-20(2,3)25-19/h6-11,21H,12-13H2,1-5H3. The molecule has 0 fully saturated rings. The number of sulfonamides is 1. The quantitative estimate of drug-likeness (QED) is 0.869. The molecule has 0 unspecified atom stereocenters. The van der Waals surface area contributed by atoms with Crippen molar-refractivity contribution in [2.75, 3.05) is 18.8 Å². The first-order chi connectivity index (χ1) is 12.1. The van der Waals surface area contributed by atoms with E-state index >= 15 is 0 Å². The van der Waals surface area contributed by atoms with Crippen LogP contribution in [0.4, 0.5) is 5.69 Å². The number of fused-ring (bicyclic) bond motifs is 1. The number of aryl methyl sites for hydroxylation is 1. The summed E-state index contributed by atoms with van der Waals surface area (Å²) in [6.07, 6.45) is 0.697. The number of ether oxygens (including phenoxy) is 1. The maximum absolute atomic E-state index is 12.9. The van der Waals surface area contributed by atoms with E-state index in [4.69, 9.17) is 4.74 Å². The zero-order valence-electron chi connectivity index (χ0n) is 16.0. The summed E-state index contributed by atoms with van der Waals surface area (Å²) in [6.45, 7) is 6.66. The van der Waals surface area contributed by atoms with E-state index in [1.807, 2.05) is 58.0 Å². The fourth-order valence-corrected chi connectivity index (χ4v) is 4.40. The Kier molecular flexibility index (Phi) is 4.75. The van der Waals surface area contributed by atoms with Crippen LogP contribution in [0.2, 0.25) is 0 Å². The van der Waals surface area contributed by atoms with Gasteiger partial charge in [0.2, 0.25) is 0 Å². The third kappa shape index (κ3) is 4.02. The third-order valence-electron chi connectivity index (χ3n) is 4.34. The van der Waals surface area contributed by atoms with Gasteiger partial charge in [-0.1, -0.05) is 17.7 Å². The van der Waals surface area contributed by atoms with E-state index in [1.54, 1.807) is 18.2 Å². The maximum atomic E-state index is 12.9. The number of rotatable bonds is 5. The average molecular weight is 375 g/mol. The van der Waals surface area contributed by atoms with Gasteiger partial charge in [-0.2, -0.15) is 0 Å². The Hall–Kier alpha value is -2.05. The van der Waals surface area contributed by atoms with Gasteiger partial charge in [0.15, 0.2) is 0 Å². The zero-order chi connectivity index (χ0) is 19.1. The first kappa shape index (κ1) is 18.7. The van der Waals surface area contributed by atoms with Crippen molar-refractivity contribution in [2.24, 2.45) is 0 Å². The molecule has 3 rings (SSSR count). The number of anilines is 1. The van der Waals surface area contributed by atoms with Crippen molar-refractivity contribution in [3.05, 3.63) is 53.1 Å². The first-order valence-corrected chi connectivity index (χ1v) is 10.1. The molecule has 0 atom stereocenters. The lowest BCUT2D eigenvalue weighted by Crippen LogP contribution is -2.24. The Bertz CT molecular complexity index is 934. The van der Waals surface area contributed by atoms with E-state index in [0.717, 1.165) is 22.4 Å². The molecule has 1 N–H and O–H groups in total. The summed E-state index contributed by atoms with van der Waals surface area (Å²) < 4.78 is 34.4. The van der Waals surface area contributed by atoms with Gasteiger partial charge in [-0.05, 0) is 70.3 Å². The van der Waals surface area contributed by atoms with Gasteiger partial charge in [0, 0.05) is 13.0 Å². The van der Waals surface area contributed by atoms with Crippen molar-refractivity contribution in [1.82, 2.24) is 4.90 Å². The Morgan fingerprint density at radius 1 is 1.15 bits per heavy atom. The molecule has 0 aromatic heterocycles. The molecule has 0 saturated heterocycles. The minimum absolute atomic E-state index is 0.258. The molecule has 0 amide bonds. The molecule has 0 bridgehead atoms. The molecule has 26 heavy (non-hydrogen) atoms. The lowest BCUT2D eigenvalue weighted by Gasteiger charge is -2.17. The lowest BCUT2D eigenvalue weighted by atomic mass is 10.0. The van der Waals surface area contributed by atoms with Crippen LogP contribution in [-0.4, -0.2) is 33.0 Å². The molecule has 140 valence electrons. The average Bonchev–Trinajstić information content (AvgIpc) is 2.82. The molecule has 2 aromatic rings. The van der Waals surface area contributed by atoms with Gasteiger partial charge in [0.1, 0.15) is 11.4 Å². The summed E-state index contributed by atoms with van der Waals surface area (Å²) in [4.78, 5) is 2.27. The highest BCUT2D eigenvalue weighted by atomic mass is 32.2. The highest BCUT2D eigenvalue weighted by Gasteiger charge is 2.31. The second-order valence-electron chi connectivity index (χ2n) is 7.81. The van der Waals surface area contributed by atoms with E-state index in [-0.39, 0.29) is 10.5 Å². The number of nitrogens with zero attached hydrogens (tertiary/aromatic N) is 1. The normalized spacial score (nSPS) is 15.6. The molecule has 2 aromatic carbocycles. The third-order valence-corrected chi connectivity index (χ3v) is 5.70. The summed E-state index contributed by atoms with van der Waals surface area (Å²) in [6, 6.07) is 10.8. The molecule has 1 heterocycles. The number of benzene rings is 2. The molecule has 0 saturated carbocycles. The van der Waals surface area contributed by atoms with Crippen LogP contribution in [0.25, 0.3) is 0 Å². The second-order valence-corrected chi connectivity index (χ2v) is 9.49. The van der Waals surface area contributed by atoms with Gasteiger partial charge in [0.05, 0.1) is 10.6 Å². The minimum atomic E-state index is -3.67. The summed E-state index contributed by atoms with van der Waals surface area (Å²) in [5.41, 5.74) is 3.29. The van der Waals surface area contributed by atoms with Crippen LogP contribution in [0.15, 0.2) is 41.3 Å².